The van der Waals surface area contributed by atoms with Gasteiger partial charge in [0.25, 0.3) is 5.69 Å². The number of aliphatic hydroxyl groups is 1. The van der Waals surface area contributed by atoms with E-state index in [1.54, 1.807) is 12.1 Å². The van der Waals surface area contributed by atoms with Crippen molar-refractivity contribution in [3.63, 3.8) is 0 Å². The molecule has 0 aromatic heterocycles. The van der Waals surface area contributed by atoms with Crippen LogP contribution in [0.15, 0.2) is 22.7 Å². The summed E-state index contributed by atoms with van der Waals surface area (Å²) in [6.07, 6.45) is 1.43. The Morgan fingerprint density at radius 3 is 2.95 bits per heavy atom. The van der Waals surface area contributed by atoms with Gasteiger partial charge in [0.1, 0.15) is 0 Å². The lowest BCUT2D eigenvalue weighted by Crippen LogP contribution is -2.42. The molecule has 0 aliphatic carbocycles. The first-order valence-corrected chi connectivity index (χ1v) is 7.63. The van der Waals surface area contributed by atoms with Gasteiger partial charge in [0.15, 0.2) is 0 Å². The van der Waals surface area contributed by atoms with Crippen LogP contribution in [0.2, 0.25) is 0 Å². The number of nitro groups is 1. The summed E-state index contributed by atoms with van der Waals surface area (Å²) < 4.78 is 0.716. The van der Waals surface area contributed by atoms with Gasteiger partial charge in [-0.05, 0) is 30.9 Å². The van der Waals surface area contributed by atoms with Crippen LogP contribution in [0.5, 0.6) is 0 Å². The fraction of sp³-hybridized carbons (Fsp3) is 0.571. The topological polar surface area (TPSA) is 66.6 Å². The van der Waals surface area contributed by atoms with E-state index in [1.165, 1.54) is 0 Å². The van der Waals surface area contributed by atoms with Gasteiger partial charge in [0.2, 0.25) is 0 Å². The highest BCUT2D eigenvalue weighted by atomic mass is 79.9. The molecule has 0 spiro atoms. The van der Waals surface area contributed by atoms with Gasteiger partial charge in [0.05, 0.1) is 11.0 Å². The summed E-state index contributed by atoms with van der Waals surface area (Å²) in [6.45, 7) is 4.21. The van der Waals surface area contributed by atoms with Gasteiger partial charge < -0.3 is 5.11 Å². The summed E-state index contributed by atoms with van der Waals surface area (Å²) in [5.74, 6) is 0.262. The maximum Gasteiger partial charge on any atom is 0.275 e. The van der Waals surface area contributed by atoms with Crippen LogP contribution in [-0.2, 0) is 6.54 Å². The first-order chi connectivity index (χ1) is 9.51. The van der Waals surface area contributed by atoms with Crippen molar-refractivity contribution in [2.75, 3.05) is 13.1 Å². The Morgan fingerprint density at radius 2 is 2.30 bits per heavy atom. The van der Waals surface area contributed by atoms with E-state index in [2.05, 4.69) is 27.8 Å². The molecule has 1 fully saturated rings. The summed E-state index contributed by atoms with van der Waals surface area (Å²) in [6, 6.07) is 5.18. The number of nitro benzene ring substituents is 1. The summed E-state index contributed by atoms with van der Waals surface area (Å²) in [7, 11) is 0. The average molecular weight is 343 g/mol. The van der Waals surface area contributed by atoms with Crippen LogP contribution in [0, 0.1) is 16.0 Å². The van der Waals surface area contributed by atoms with Crippen molar-refractivity contribution in [1.82, 2.24) is 4.90 Å². The molecule has 1 aromatic rings. The Kier molecular flexibility index (Phi) is 5.12. The van der Waals surface area contributed by atoms with Gasteiger partial charge in [-0.2, -0.15) is 0 Å². The lowest BCUT2D eigenvalue weighted by Gasteiger charge is -2.35. The molecule has 5 nitrogen and oxygen atoms in total. The Labute approximate surface area is 126 Å². The monoisotopic (exact) mass is 342 g/mol. The number of hydrogen-bond donors (Lipinski definition) is 1. The predicted molar refractivity (Wildman–Crippen MR) is 80.5 cm³/mol. The molecule has 2 rings (SSSR count). The molecule has 0 bridgehead atoms. The van der Waals surface area contributed by atoms with Crippen LogP contribution in [0.1, 0.15) is 25.3 Å². The molecule has 1 aromatic carbocycles. The summed E-state index contributed by atoms with van der Waals surface area (Å²) >= 11 is 3.27. The van der Waals surface area contributed by atoms with Crippen molar-refractivity contribution < 1.29 is 10.0 Å². The Balaban J connectivity index is 2.12. The van der Waals surface area contributed by atoms with Gasteiger partial charge in [-0.1, -0.05) is 22.9 Å². The molecular weight excluding hydrogens is 324 g/mol. The van der Waals surface area contributed by atoms with E-state index in [0.29, 0.717) is 11.0 Å². The second-order valence-electron chi connectivity index (χ2n) is 5.29. The zero-order valence-electron chi connectivity index (χ0n) is 11.5. The summed E-state index contributed by atoms with van der Waals surface area (Å²) in [5.41, 5.74) is 0.878. The van der Waals surface area contributed by atoms with Crippen molar-refractivity contribution in [2.24, 2.45) is 5.92 Å². The molecule has 0 saturated carbocycles. The van der Waals surface area contributed by atoms with Crippen LogP contribution in [0.3, 0.4) is 0 Å². The number of nitrogens with zero attached hydrogens (tertiary/aromatic N) is 2. The van der Waals surface area contributed by atoms with E-state index in [4.69, 9.17) is 0 Å². The predicted octanol–water partition coefficient (Wildman–Crippen LogP) is 2.95. The lowest BCUT2D eigenvalue weighted by atomic mass is 9.92. The van der Waals surface area contributed by atoms with Crippen LogP contribution >= 0.6 is 15.9 Å². The van der Waals surface area contributed by atoms with Gasteiger partial charge in [-0.3, -0.25) is 15.0 Å². The molecule has 1 heterocycles. The first kappa shape index (κ1) is 15.4. The maximum absolute atomic E-state index is 11.1. The first-order valence-electron chi connectivity index (χ1n) is 6.84. The maximum atomic E-state index is 11.1. The van der Waals surface area contributed by atoms with E-state index < -0.39 is 0 Å². The Bertz CT molecular complexity index is 495. The Morgan fingerprint density at radius 1 is 1.55 bits per heavy atom. The summed E-state index contributed by atoms with van der Waals surface area (Å²) in [5, 5.41) is 21.0. The largest absolute Gasteiger partial charge is 0.393 e. The highest BCUT2D eigenvalue weighted by Gasteiger charge is 2.27. The number of halogens is 1. The third-order valence-corrected chi connectivity index (χ3v) is 4.43. The van der Waals surface area contributed by atoms with E-state index in [9.17, 15) is 15.2 Å². The van der Waals surface area contributed by atoms with Gasteiger partial charge >= 0.3 is 0 Å². The quantitative estimate of drug-likeness (QED) is 0.674. The van der Waals surface area contributed by atoms with Gasteiger partial charge in [0, 0.05) is 35.7 Å². The molecule has 6 heteroatoms. The van der Waals surface area contributed by atoms with E-state index >= 15 is 0 Å². The molecule has 110 valence electrons. The van der Waals surface area contributed by atoms with Crippen molar-refractivity contribution >= 4 is 21.6 Å². The second kappa shape index (κ2) is 6.65. The van der Waals surface area contributed by atoms with E-state index in [0.717, 1.165) is 31.5 Å². The van der Waals surface area contributed by atoms with Crippen LogP contribution in [0.4, 0.5) is 5.69 Å². The average Bonchev–Trinajstić information content (AvgIpc) is 2.42. The van der Waals surface area contributed by atoms with Crippen LogP contribution < -0.4 is 0 Å². The normalized spacial score (nSPS) is 23.8. The molecule has 2 atom stereocenters. The van der Waals surface area contributed by atoms with E-state index in [1.807, 2.05) is 6.07 Å². The fourth-order valence-corrected chi connectivity index (χ4v) is 3.07. The minimum Gasteiger partial charge on any atom is -0.393 e. The van der Waals surface area contributed by atoms with Gasteiger partial charge in [-0.25, -0.2) is 0 Å². The molecule has 1 aliphatic heterocycles. The second-order valence-corrected chi connectivity index (χ2v) is 6.21. The lowest BCUT2D eigenvalue weighted by molar-refractivity contribution is -0.385. The molecular formula is C14H19BrN2O3. The smallest absolute Gasteiger partial charge is 0.275 e. The number of hydrogen-bond acceptors (Lipinski definition) is 4. The zero-order chi connectivity index (χ0) is 14.7. The molecule has 0 radical (unpaired) electrons. The van der Waals surface area contributed by atoms with Crippen LogP contribution in [-0.4, -0.2) is 34.1 Å². The van der Waals surface area contributed by atoms with Crippen molar-refractivity contribution in [2.45, 2.75) is 32.4 Å². The van der Waals surface area contributed by atoms with Crippen LogP contribution in [0.25, 0.3) is 0 Å². The highest BCUT2D eigenvalue weighted by Crippen LogP contribution is 2.27. The molecule has 0 amide bonds. The molecule has 1 saturated heterocycles. The third-order valence-electron chi connectivity index (χ3n) is 3.94. The van der Waals surface area contributed by atoms with Crippen molar-refractivity contribution in [1.29, 1.82) is 0 Å². The molecule has 2 unspecified atom stereocenters. The minimum absolute atomic E-state index is 0.151. The highest BCUT2D eigenvalue weighted by molar-refractivity contribution is 9.10. The Hall–Kier alpha value is -0.980. The molecule has 20 heavy (non-hydrogen) atoms. The third kappa shape index (κ3) is 3.56. The number of piperidine rings is 1. The SMILES string of the molecule is CCC1CN(Cc2ccc(Br)cc2[N+](=O)[O-])CCC1O. The fourth-order valence-electron chi connectivity index (χ4n) is 2.72. The van der Waals surface area contributed by atoms with Gasteiger partial charge in [-0.15, -0.1) is 0 Å². The molecule has 1 aliphatic rings. The summed E-state index contributed by atoms with van der Waals surface area (Å²) in [4.78, 5) is 13.0. The van der Waals surface area contributed by atoms with Crippen molar-refractivity contribution in [3.05, 3.63) is 38.3 Å². The zero-order valence-corrected chi connectivity index (χ0v) is 13.0. The van der Waals surface area contributed by atoms with E-state index in [-0.39, 0.29) is 22.6 Å². The minimum atomic E-state index is -0.337. The number of benzene rings is 1. The van der Waals surface area contributed by atoms with Crippen molar-refractivity contribution in [3.8, 4) is 0 Å². The standard InChI is InChI=1S/C14H19BrN2O3/c1-2-10-8-16(6-5-14(10)18)9-11-3-4-12(15)7-13(11)17(19)20/h3-4,7,10,14,18H,2,5-6,8-9H2,1H3. The number of rotatable bonds is 4. The number of likely N-dealkylation sites (tertiary alicyclic amines) is 1. The number of aliphatic hydroxyl groups excluding tert-OH is 1. The molecule has 1 N–H and O–H groups in total.